The Morgan fingerprint density at radius 3 is 3.12 bits per heavy atom. The number of ether oxygens (including phenoxy) is 2. The maximum atomic E-state index is 11.6. The Morgan fingerprint density at radius 1 is 1.56 bits per heavy atom. The summed E-state index contributed by atoms with van der Waals surface area (Å²) in [6, 6.07) is 5.64. The number of para-hydroxylation sites is 1. The number of carbonyl (C=O) groups is 1. The van der Waals surface area contributed by atoms with E-state index in [2.05, 4.69) is 0 Å². The number of benzene rings is 1. The van der Waals surface area contributed by atoms with Crippen LogP contribution in [0.15, 0.2) is 18.2 Å². The van der Waals surface area contributed by atoms with Crippen molar-refractivity contribution in [1.82, 2.24) is 0 Å². The number of hydrogen-bond donors (Lipinski definition) is 0. The van der Waals surface area contributed by atoms with Crippen LogP contribution < -0.4 is 4.74 Å². The fraction of sp³-hybridized carbons (Fsp3) is 0.417. The van der Waals surface area contributed by atoms with Crippen molar-refractivity contribution in [3.8, 4) is 5.75 Å². The summed E-state index contributed by atoms with van der Waals surface area (Å²) in [7, 11) is 0. The van der Waals surface area contributed by atoms with Gasteiger partial charge in [0.25, 0.3) is 0 Å². The van der Waals surface area contributed by atoms with Gasteiger partial charge in [-0.2, -0.15) is 0 Å². The summed E-state index contributed by atoms with van der Waals surface area (Å²) in [5.41, 5.74) is 1.04. The van der Waals surface area contributed by atoms with E-state index in [0.717, 1.165) is 11.3 Å². The fourth-order valence-electron chi connectivity index (χ4n) is 2.37. The zero-order valence-corrected chi connectivity index (χ0v) is 9.53. The molecule has 16 heavy (non-hydrogen) atoms. The lowest BCUT2D eigenvalue weighted by atomic mass is 10.1. The summed E-state index contributed by atoms with van der Waals surface area (Å²) < 4.78 is 10.7. The highest BCUT2D eigenvalue weighted by Gasteiger charge is 2.63. The standard InChI is InChI=1S/C12H11ClO3/c1-2-15-12(14)9-8-6-4-3-5-7(13)10(6)16-11(8)9/h3-5,8-9,11H,2H2,1H3/t8-,9+,11+/m1/s1. The molecule has 84 valence electrons. The first-order valence-electron chi connectivity index (χ1n) is 5.35. The van der Waals surface area contributed by atoms with Crippen LogP contribution in [0.2, 0.25) is 5.02 Å². The lowest BCUT2D eigenvalue weighted by Crippen LogP contribution is -2.13. The molecule has 1 aliphatic heterocycles. The minimum Gasteiger partial charge on any atom is -0.487 e. The van der Waals surface area contributed by atoms with Gasteiger partial charge >= 0.3 is 5.97 Å². The van der Waals surface area contributed by atoms with E-state index in [1.807, 2.05) is 19.1 Å². The maximum Gasteiger partial charge on any atom is 0.313 e. The third-order valence-electron chi connectivity index (χ3n) is 3.12. The quantitative estimate of drug-likeness (QED) is 0.742. The Balaban J connectivity index is 1.85. The summed E-state index contributed by atoms with van der Waals surface area (Å²) >= 11 is 6.00. The van der Waals surface area contributed by atoms with Crippen LogP contribution in [0.25, 0.3) is 0 Å². The number of esters is 1. The molecular weight excluding hydrogens is 228 g/mol. The van der Waals surface area contributed by atoms with Crippen molar-refractivity contribution in [2.24, 2.45) is 5.92 Å². The minimum atomic E-state index is -0.164. The van der Waals surface area contributed by atoms with Crippen LogP contribution in [-0.4, -0.2) is 18.7 Å². The second kappa shape index (κ2) is 3.39. The van der Waals surface area contributed by atoms with Gasteiger partial charge in [0, 0.05) is 11.5 Å². The molecule has 3 nitrogen and oxygen atoms in total. The summed E-state index contributed by atoms with van der Waals surface area (Å²) in [6.45, 7) is 2.22. The normalized spacial score (nSPS) is 29.0. The van der Waals surface area contributed by atoms with Crippen molar-refractivity contribution >= 4 is 17.6 Å². The first-order chi connectivity index (χ1) is 7.74. The van der Waals surface area contributed by atoms with Crippen LogP contribution in [0.5, 0.6) is 5.75 Å². The third-order valence-corrected chi connectivity index (χ3v) is 3.42. The largest absolute Gasteiger partial charge is 0.487 e. The maximum absolute atomic E-state index is 11.6. The smallest absolute Gasteiger partial charge is 0.313 e. The highest BCUT2D eigenvalue weighted by molar-refractivity contribution is 6.32. The minimum absolute atomic E-state index is 0.0612. The number of hydrogen-bond acceptors (Lipinski definition) is 3. The molecule has 0 saturated heterocycles. The molecule has 3 atom stereocenters. The Morgan fingerprint density at radius 2 is 2.38 bits per heavy atom. The van der Waals surface area contributed by atoms with E-state index in [9.17, 15) is 4.79 Å². The zero-order chi connectivity index (χ0) is 11.3. The summed E-state index contributed by atoms with van der Waals surface area (Å²) in [5.74, 6) is 0.585. The van der Waals surface area contributed by atoms with Crippen LogP contribution >= 0.6 is 11.6 Å². The van der Waals surface area contributed by atoms with Gasteiger partial charge in [-0.1, -0.05) is 23.7 Å². The van der Waals surface area contributed by atoms with Crippen molar-refractivity contribution in [3.05, 3.63) is 28.8 Å². The van der Waals surface area contributed by atoms with E-state index in [0.29, 0.717) is 11.6 Å². The average molecular weight is 239 g/mol. The van der Waals surface area contributed by atoms with Crippen LogP contribution in [-0.2, 0) is 9.53 Å². The van der Waals surface area contributed by atoms with Crippen molar-refractivity contribution in [3.63, 3.8) is 0 Å². The van der Waals surface area contributed by atoms with Gasteiger partial charge in [-0.3, -0.25) is 4.79 Å². The molecule has 1 heterocycles. The lowest BCUT2D eigenvalue weighted by Gasteiger charge is -2.08. The van der Waals surface area contributed by atoms with Crippen molar-refractivity contribution in [2.45, 2.75) is 18.9 Å². The summed E-state index contributed by atoms with van der Waals surface area (Å²) in [6.07, 6.45) is -0.0612. The van der Waals surface area contributed by atoms with Gasteiger partial charge in [0.15, 0.2) is 0 Å². The number of halogens is 1. The SMILES string of the molecule is CCOC(=O)[C@@H]1[C@H]2Oc3c(Cl)cccc3[C@@H]21. The molecule has 3 rings (SSSR count). The van der Waals surface area contributed by atoms with Gasteiger partial charge in [-0.25, -0.2) is 0 Å². The lowest BCUT2D eigenvalue weighted by molar-refractivity contribution is -0.145. The molecule has 0 unspecified atom stereocenters. The molecule has 0 radical (unpaired) electrons. The van der Waals surface area contributed by atoms with Crippen LogP contribution in [0.4, 0.5) is 0 Å². The molecule has 1 aliphatic carbocycles. The van der Waals surface area contributed by atoms with Gasteiger partial charge in [0.05, 0.1) is 11.6 Å². The first-order valence-corrected chi connectivity index (χ1v) is 5.73. The molecular formula is C12H11ClO3. The molecule has 0 N–H and O–H groups in total. The van der Waals surface area contributed by atoms with Gasteiger partial charge in [0.1, 0.15) is 17.8 Å². The molecule has 1 aromatic rings. The third kappa shape index (κ3) is 1.24. The Bertz CT molecular complexity index is 458. The highest BCUT2D eigenvalue weighted by Crippen LogP contribution is 2.60. The molecule has 0 spiro atoms. The van der Waals surface area contributed by atoms with Gasteiger partial charge in [-0.05, 0) is 13.0 Å². The molecule has 1 aromatic carbocycles. The van der Waals surface area contributed by atoms with Gasteiger partial charge in [-0.15, -0.1) is 0 Å². The van der Waals surface area contributed by atoms with E-state index in [1.165, 1.54) is 0 Å². The number of carbonyl (C=O) groups excluding carboxylic acids is 1. The second-order valence-corrected chi connectivity index (χ2v) is 4.45. The van der Waals surface area contributed by atoms with Crippen molar-refractivity contribution in [2.75, 3.05) is 6.61 Å². The molecule has 0 amide bonds. The Kier molecular flexibility index (Phi) is 2.11. The zero-order valence-electron chi connectivity index (χ0n) is 8.77. The van der Waals surface area contributed by atoms with Crippen molar-refractivity contribution < 1.29 is 14.3 Å². The van der Waals surface area contributed by atoms with Crippen LogP contribution in [0, 0.1) is 5.92 Å². The monoisotopic (exact) mass is 238 g/mol. The van der Waals surface area contributed by atoms with E-state index >= 15 is 0 Å². The summed E-state index contributed by atoms with van der Waals surface area (Å²) in [5, 5.41) is 0.618. The van der Waals surface area contributed by atoms with E-state index in [-0.39, 0.29) is 23.9 Å². The first kappa shape index (κ1) is 9.97. The number of fused-ring (bicyclic) bond motifs is 3. The van der Waals surface area contributed by atoms with E-state index in [4.69, 9.17) is 21.1 Å². The predicted octanol–water partition coefficient (Wildman–Crippen LogP) is 2.38. The van der Waals surface area contributed by atoms with E-state index in [1.54, 1.807) is 6.07 Å². The Hall–Kier alpha value is -1.22. The average Bonchev–Trinajstić information content (AvgIpc) is 2.85. The molecule has 2 aliphatic rings. The molecule has 4 heteroatoms. The van der Waals surface area contributed by atoms with Gasteiger partial charge in [0.2, 0.25) is 0 Å². The summed E-state index contributed by atoms with van der Waals surface area (Å²) in [4.78, 5) is 11.6. The number of rotatable bonds is 2. The van der Waals surface area contributed by atoms with Crippen LogP contribution in [0.3, 0.4) is 0 Å². The topological polar surface area (TPSA) is 35.5 Å². The Labute approximate surface area is 98.3 Å². The molecule has 0 aromatic heterocycles. The predicted molar refractivity (Wildman–Crippen MR) is 58.7 cm³/mol. The van der Waals surface area contributed by atoms with Gasteiger partial charge < -0.3 is 9.47 Å². The van der Waals surface area contributed by atoms with Crippen LogP contribution in [0.1, 0.15) is 18.4 Å². The second-order valence-electron chi connectivity index (χ2n) is 4.04. The highest BCUT2D eigenvalue weighted by atomic mass is 35.5. The molecule has 0 bridgehead atoms. The fourth-order valence-corrected chi connectivity index (χ4v) is 2.59. The molecule has 1 saturated carbocycles. The van der Waals surface area contributed by atoms with E-state index < -0.39 is 0 Å². The van der Waals surface area contributed by atoms with Crippen molar-refractivity contribution in [1.29, 1.82) is 0 Å². The molecule has 1 fully saturated rings.